The maximum absolute atomic E-state index is 12.0. The van der Waals surface area contributed by atoms with E-state index >= 15 is 0 Å². The largest absolute Gasteiger partial charge is 0.484 e. The molecule has 0 saturated heterocycles. The van der Waals surface area contributed by atoms with E-state index in [1.807, 2.05) is 0 Å². The zero-order chi connectivity index (χ0) is 18.9. The fraction of sp³-hybridized carbons (Fsp3) is 0.211. The van der Waals surface area contributed by atoms with Crippen molar-refractivity contribution in [2.45, 2.75) is 13.8 Å². The molecule has 0 radical (unpaired) electrons. The summed E-state index contributed by atoms with van der Waals surface area (Å²) in [7, 11) is 0. The third kappa shape index (κ3) is 5.94. The minimum atomic E-state index is -0.559. The zero-order valence-electron chi connectivity index (χ0n) is 14.6. The molecule has 0 saturated carbocycles. The summed E-state index contributed by atoms with van der Waals surface area (Å²) in [5.74, 6) is 0.0493. The second-order valence-corrected chi connectivity index (χ2v) is 5.34. The Kier molecular flexibility index (Phi) is 6.73. The number of carbonyl (C=O) groups excluding carboxylic acids is 3. The lowest BCUT2D eigenvalue weighted by molar-refractivity contribution is -0.118. The monoisotopic (exact) mass is 356 g/mol. The molecule has 7 heteroatoms. The molecule has 2 rings (SSSR count). The van der Waals surface area contributed by atoms with Crippen LogP contribution in [0.15, 0.2) is 48.5 Å². The second-order valence-electron chi connectivity index (χ2n) is 5.34. The number of carbonyl (C=O) groups is 3. The van der Waals surface area contributed by atoms with Gasteiger partial charge in [-0.05, 0) is 50.2 Å². The van der Waals surface area contributed by atoms with E-state index < -0.39 is 6.09 Å². The minimum Gasteiger partial charge on any atom is -0.484 e. The molecule has 0 unspecified atom stereocenters. The molecule has 0 aliphatic rings. The number of amides is 2. The van der Waals surface area contributed by atoms with Crippen molar-refractivity contribution in [3.8, 4) is 5.75 Å². The van der Waals surface area contributed by atoms with Crippen molar-refractivity contribution in [2.75, 3.05) is 23.8 Å². The molecular weight excluding hydrogens is 336 g/mol. The van der Waals surface area contributed by atoms with Gasteiger partial charge in [0, 0.05) is 23.0 Å². The van der Waals surface area contributed by atoms with Gasteiger partial charge in [-0.3, -0.25) is 14.9 Å². The normalized spacial score (nSPS) is 9.92. The predicted molar refractivity (Wildman–Crippen MR) is 97.7 cm³/mol. The van der Waals surface area contributed by atoms with Crippen LogP contribution in [0.5, 0.6) is 5.75 Å². The molecule has 0 fully saturated rings. The van der Waals surface area contributed by atoms with Crippen molar-refractivity contribution in [1.29, 1.82) is 0 Å². The highest BCUT2D eigenvalue weighted by Crippen LogP contribution is 2.18. The van der Waals surface area contributed by atoms with E-state index in [0.717, 1.165) is 0 Å². The van der Waals surface area contributed by atoms with Crippen molar-refractivity contribution in [2.24, 2.45) is 0 Å². The van der Waals surface area contributed by atoms with Gasteiger partial charge in [-0.25, -0.2) is 4.79 Å². The lowest BCUT2D eigenvalue weighted by atomic mass is 10.1. The molecule has 0 aliphatic carbocycles. The standard InChI is InChI=1S/C19H20N2O5/c1-3-25-19(24)21-16-5-4-6-17(11-16)26-12-18(23)20-15-9-7-14(8-10-15)13(2)22/h4-11H,3,12H2,1-2H3,(H,20,23)(H,21,24). The van der Waals surface area contributed by atoms with Crippen LogP contribution in [0.25, 0.3) is 0 Å². The molecule has 2 amide bonds. The Morgan fingerprint density at radius 2 is 1.69 bits per heavy atom. The van der Waals surface area contributed by atoms with Gasteiger partial charge in [0.25, 0.3) is 5.91 Å². The highest BCUT2D eigenvalue weighted by Gasteiger charge is 2.07. The summed E-state index contributed by atoms with van der Waals surface area (Å²) in [5, 5.41) is 5.23. The van der Waals surface area contributed by atoms with Crippen molar-refractivity contribution in [1.82, 2.24) is 0 Å². The van der Waals surface area contributed by atoms with E-state index in [4.69, 9.17) is 9.47 Å². The summed E-state index contributed by atoms with van der Waals surface area (Å²) in [6.07, 6.45) is -0.559. The minimum absolute atomic E-state index is 0.0393. The van der Waals surface area contributed by atoms with E-state index in [-0.39, 0.29) is 24.9 Å². The Labute approximate surface area is 151 Å². The quantitative estimate of drug-likeness (QED) is 0.741. The van der Waals surface area contributed by atoms with Crippen LogP contribution in [0.2, 0.25) is 0 Å². The summed E-state index contributed by atoms with van der Waals surface area (Å²) >= 11 is 0. The third-order valence-electron chi connectivity index (χ3n) is 3.30. The maximum Gasteiger partial charge on any atom is 0.411 e. The number of Topliss-reactive ketones (excluding diaryl/α,β-unsaturated/α-hetero) is 1. The number of benzene rings is 2. The zero-order valence-corrected chi connectivity index (χ0v) is 14.6. The fourth-order valence-corrected chi connectivity index (χ4v) is 2.08. The van der Waals surface area contributed by atoms with Crippen LogP contribution in [0, 0.1) is 0 Å². The summed E-state index contributed by atoms with van der Waals surface area (Å²) in [4.78, 5) is 34.6. The molecule has 0 aromatic heterocycles. The topological polar surface area (TPSA) is 93.7 Å². The third-order valence-corrected chi connectivity index (χ3v) is 3.30. The summed E-state index contributed by atoms with van der Waals surface area (Å²) in [5.41, 5.74) is 1.65. The molecule has 0 bridgehead atoms. The van der Waals surface area contributed by atoms with E-state index in [2.05, 4.69) is 10.6 Å². The lowest BCUT2D eigenvalue weighted by Gasteiger charge is -2.10. The van der Waals surface area contributed by atoms with Crippen molar-refractivity contribution in [3.05, 3.63) is 54.1 Å². The molecule has 0 atom stereocenters. The number of hydrogen-bond donors (Lipinski definition) is 2. The van der Waals surface area contributed by atoms with Gasteiger partial charge in [0.15, 0.2) is 12.4 Å². The van der Waals surface area contributed by atoms with Crippen LogP contribution in [0.3, 0.4) is 0 Å². The van der Waals surface area contributed by atoms with Crippen LogP contribution in [0.1, 0.15) is 24.2 Å². The van der Waals surface area contributed by atoms with Crippen molar-refractivity contribution >= 4 is 29.2 Å². The number of anilines is 2. The highest BCUT2D eigenvalue weighted by atomic mass is 16.5. The van der Waals surface area contributed by atoms with Gasteiger partial charge in [0.1, 0.15) is 5.75 Å². The Hall–Kier alpha value is -3.35. The molecule has 136 valence electrons. The van der Waals surface area contributed by atoms with Gasteiger partial charge in [0.05, 0.1) is 6.61 Å². The van der Waals surface area contributed by atoms with Gasteiger partial charge >= 0.3 is 6.09 Å². The Morgan fingerprint density at radius 3 is 2.35 bits per heavy atom. The Balaban J connectivity index is 1.86. The number of hydrogen-bond acceptors (Lipinski definition) is 5. The number of rotatable bonds is 7. The number of ether oxygens (including phenoxy) is 2. The second kappa shape index (κ2) is 9.22. The Bertz CT molecular complexity index is 787. The average molecular weight is 356 g/mol. The predicted octanol–water partition coefficient (Wildman–Crippen LogP) is 3.48. The Morgan fingerprint density at radius 1 is 0.962 bits per heavy atom. The summed E-state index contributed by atoms with van der Waals surface area (Å²) in [6.45, 7) is 3.27. The molecular formula is C19H20N2O5. The molecule has 0 heterocycles. The van der Waals surface area contributed by atoms with Crippen LogP contribution in [-0.2, 0) is 9.53 Å². The first kappa shape index (κ1) is 19.0. The SMILES string of the molecule is CCOC(=O)Nc1cccc(OCC(=O)Nc2ccc(C(C)=O)cc2)c1. The van der Waals surface area contributed by atoms with Crippen molar-refractivity contribution in [3.63, 3.8) is 0 Å². The number of nitrogens with one attached hydrogen (secondary N) is 2. The van der Waals surface area contributed by atoms with Crippen LogP contribution in [-0.4, -0.2) is 31.0 Å². The van der Waals surface area contributed by atoms with Gasteiger partial charge < -0.3 is 14.8 Å². The van der Waals surface area contributed by atoms with E-state index in [1.54, 1.807) is 55.5 Å². The summed E-state index contributed by atoms with van der Waals surface area (Å²) in [6, 6.07) is 13.2. The fourth-order valence-electron chi connectivity index (χ4n) is 2.08. The molecule has 2 aromatic rings. The van der Waals surface area contributed by atoms with Gasteiger partial charge in [-0.15, -0.1) is 0 Å². The molecule has 7 nitrogen and oxygen atoms in total. The molecule has 2 aromatic carbocycles. The van der Waals surface area contributed by atoms with Gasteiger partial charge in [-0.2, -0.15) is 0 Å². The van der Waals surface area contributed by atoms with Crippen LogP contribution >= 0.6 is 0 Å². The molecule has 26 heavy (non-hydrogen) atoms. The first-order chi connectivity index (χ1) is 12.5. The van der Waals surface area contributed by atoms with E-state index in [0.29, 0.717) is 22.7 Å². The van der Waals surface area contributed by atoms with Gasteiger partial charge in [-0.1, -0.05) is 6.07 Å². The van der Waals surface area contributed by atoms with Crippen molar-refractivity contribution < 1.29 is 23.9 Å². The summed E-state index contributed by atoms with van der Waals surface area (Å²) < 4.78 is 10.2. The smallest absolute Gasteiger partial charge is 0.411 e. The average Bonchev–Trinajstić information content (AvgIpc) is 2.61. The van der Waals surface area contributed by atoms with E-state index in [1.165, 1.54) is 6.92 Å². The molecule has 0 aliphatic heterocycles. The van der Waals surface area contributed by atoms with Crippen LogP contribution in [0.4, 0.5) is 16.2 Å². The molecule has 2 N–H and O–H groups in total. The van der Waals surface area contributed by atoms with Crippen LogP contribution < -0.4 is 15.4 Å². The maximum atomic E-state index is 12.0. The lowest BCUT2D eigenvalue weighted by Crippen LogP contribution is -2.20. The first-order valence-corrected chi connectivity index (χ1v) is 8.05. The molecule has 0 spiro atoms. The van der Waals surface area contributed by atoms with E-state index in [9.17, 15) is 14.4 Å². The van der Waals surface area contributed by atoms with Gasteiger partial charge in [0.2, 0.25) is 0 Å². The highest BCUT2D eigenvalue weighted by molar-refractivity contribution is 5.96. The number of ketones is 1. The first-order valence-electron chi connectivity index (χ1n) is 8.05.